The zero-order valence-corrected chi connectivity index (χ0v) is 17.9. The summed E-state index contributed by atoms with van der Waals surface area (Å²) in [5.41, 5.74) is 0. The first-order valence-corrected chi connectivity index (χ1v) is 11.2. The van der Waals surface area contributed by atoms with E-state index in [0.29, 0.717) is 4.32 Å². The molecule has 0 atom stereocenters. The summed E-state index contributed by atoms with van der Waals surface area (Å²) in [6.07, 6.45) is 27.1. The van der Waals surface area contributed by atoms with E-state index >= 15 is 0 Å². The maximum absolute atomic E-state index is 3.72. The molecule has 0 amide bonds. The van der Waals surface area contributed by atoms with Crippen LogP contribution in [0.1, 0.15) is 124 Å². The highest BCUT2D eigenvalue weighted by Crippen LogP contribution is 2.23. The van der Waals surface area contributed by atoms with Crippen LogP contribution >= 0.6 is 15.9 Å². The minimum atomic E-state index is 0.342. The SMILES string of the molecule is CCCCCCCCC=CCCCCCCCCCC(C)(C)Br. The molecule has 0 radical (unpaired) electrons. The molecule has 0 aliphatic carbocycles. The van der Waals surface area contributed by atoms with Crippen molar-refractivity contribution in [2.45, 2.75) is 128 Å². The van der Waals surface area contributed by atoms with Crippen molar-refractivity contribution >= 4 is 15.9 Å². The smallest absolute Gasteiger partial charge is 0.0201 e. The molecule has 0 N–H and O–H groups in total. The summed E-state index contributed by atoms with van der Waals surface area (Å²) in [5, 5.41) is 0. The molecule has 0 aliphatic rings. The molecule has 1 heteroatoms. The molecular weight excluding hydrogens is 344 g/mol. The summed E-state index contributed by atoms with van der Waals surface area (Å²) >= 11 is 3.72. The maximum Gasteiger partial charge on any atom is 0.0201 e. The number of allylic oxidation sites excluding steroid dienone is 2. The lowest BCUT2D eigenvalue weighted by Gasteiger charge is -2.15. The molecule has 0 unspecified atom stereocenters. The Bertz CT molecular complexity index is 249. The second-order valence-electron chi connectivity index (χ2n) is 7.76. The molecule has 138 valence electrons. The molecule has 0 aromatic carbocycles. The fourth-order valence-electron chi connectivity index (χ4n) is 2.97. The Kier molecular flexibility index (Phi) is 17.2. The number of halogens is 1. The minimum Gasteiger partial charge on any atom is -0.0885 e. The van der Waals surface area contributed by atoms with Gasteiger partial charge in [-0.05, 0) is 32.1 Å². The van der Waals surface area contributed by atoms with Gasteiger partial charge in [0.25, 0.3) is 0 Å². The lowest BCUT2D eigenvalue weighted by atomic mass is 10.0. The zero-order valence-electron chi connectivity index (χ0n) is 16.3. The second-order valence-corrected chi connectivity index (χ2v) is 9.91. The van der Waals surface area contributed by atoms with Crippen LogP contribution in [0.2, 0.25) is 0 Å². The third kappa shape index (κ3) is 22.2. The first-order chi connectivity index (χ1) is 11.1. The molecule has 0 fully saturated rings. The average molecular weight is 387 g/mol. The summed E-state index contributed by atoms with van der Waals surface area (Å²) in [6.45, 7) is 6.83. The molecule has 0 bridgehead atoms. The van der Waals surface area contributed by atoms with Gasteiger partial charge in [-0.2, -0.15) is 0 Å². The third-order valence-corrected chi connectivity index (χ3v) is 4.93. The van der Waals surface area contributed by atoms with E-state index in [4.69, 9.17) is 0 Å². The number of unbranched alkanes of at least 4 members (excludes halogenated alkanes) is 13. The molecule has 0 saturated carbocycles. The first-order valence-electron chi connectivity index (χ1n) is 10.4. The lowest BCUT2D eigenvalue weighted by Crippen LogP contribution is -2.07. The molecule has 23 heavy (non-hydrogen) atoms. The van der Waals surface area contributed by atoms with E-state index in [-0.39, 0.29) is 0 Å². The van der Waals surface area contributed by atoms with Crippen LogP contribution < -0.4 is 0 Å². The van der Waals surface area contributed by atoms with Gasteiger partial charge < -0.3 is 0 Å². The van der Waals surface area contributed by atoms with Gasteiger partial charge in [-0.25, -0.2) is 0 Å². The predicted octanol–water partition coefficient (Wildman–Crippen LogP) is 8.98. The van der Waals surface area contributed by atoms with Crippen LogP contribution in [-0.2, 0) is 0 Å². The third-order valence-electron chi connectivity index (χ3n) is 4.53. The van der Waals surface area contributed by atoms with E-state index < -0.39 is 0 Å². The van der Waals surface area contributed by atoms with Crippen LogP contribution in [0.15, 0.2) is 12.2 Å². The topological polar surface area (TPSA) is 0 Å². The van der Waals surface area contributed by atoms with Crippen molar-refractivity contribution in [1.82, 2.24) is 0 Å². The molecule has 0 aromatic heterocycles. The van der Waals surface area contributed by atoms with Gasteiger partial charge in [-0.15, -0.1) is 0 Å². The fraction of sp³-hybridized carbons (Fsp3) is 0.909. The maximum atomic E-state index is 3.72. The lowest BCUT2D eigenvalue weighted by molar-refractivity contribution is 0.538. The Labute approximate surface area is 156 Å². The highest BCUT2D eigenvalue weighted by atomic mass is 79.9. The van der Waals surface area contributed by atoms with E-state index in [1.807, 2.05) is 0 Å². The van der Waals surface area contributed by atoms with E-state index in [1.165, 1.54) is 103 Å². The Balaban J connectivity index is 3.11. The van der Waals surface area contributed by atoms with Crippen molar-refractivity contribution in [3.63, 3.8) is 0 Å². The van der Waals surface area contributed by atoms with E-state index in [2.05, 4.69) is 48.9 Å². The summed E-state index contributed by atoms with van der Waals surface area (Å²) in [5.74, 6) is 0. The van der Waals surface area contributed by atoms with Gasteiger partial charge in [0, 0.05) is 4.32 Å². The highest BCUT2D eigenvalue weighted by Gasteiger charge is 2.10. The Morgan fingerprint density at radius 2 is 1.00 bits per heavy atom. The fourth-order valence-corrected chi connectivity index (χ4v) is 3.25. The van der Waals surface area contributed by atoms with Gasteiger partial charge >= 0.3 is 0 Å². The van der Waals surface area contributed by atoms with Gasteiger partial charge in [0.2, 0.25) is 0 Å². The Morgan fingerprint density at radius 3 is 1.43 bits per heavy atom. The van der Waals surface area contributed by atoms with Crippen LogP contribution in [0.3, 0.4) is 0 Å². The summed E-state index contributed by atoms with van der Waals surface area (Å²) in [4.78, 5) is 0. The second kappa shape index (κ2) is 17.1. The van der Waals surface area contributed by atoms with Gasteiger partial charge in [-0.3, -0.25) is 0 Å². The number of hydrogen-bond donors (Lipinski definition) is 0. The van der Waals surface area contributed by atoms with Gasteiger partial charge in [0.1, 0.15) is 0 Å². The van der Waals surface area contributed by atoms with Crippen LogP contribution in [0.5, 0.6) is 0 Å². The standard InChI is InChI=1S/C22H43Br/c1-4-5-6-7-8-9-10-11-12-13-14-15-16-17-18-19-20-21-22(2,3)23/h11-12H,4-10,13-21H2,1-3H3. The molecule has 0 rings (SSSR count). The molecule has 0 aliphatic heterocycles. The van der Waals surface area contributed by atoms with Crippen LogP contribution in [0.4, 0.5) is 0 Å². The van der Waals surface area contributed by atoms with E-state index in [1.54, 1.807) is 0 Å². The minimum absolute atomic E-state index is 0.342. The van der Waals surface area contributed by atoms with Crippen molar-refractivity contribution in [2.75, 3.05) is 0 Å². The van der Waals surface area contributed by atoms with Crippen molar-refractivity contribution < 1.29 is 0 Å². The van der Waals surface area contributed by atoms with Crippen molar-refractivity contribution in [1.29, 1.82) is 0 Å². The van der Waals surface area contributed by atoms with E-state index in [0.717, 1.165) is 0 Å². The summed E-state index contributed by atoms with van der Waals surface area (Å²) in [6, 6.07) is 0. The van der Waals surface area contributed by atoms with Crippen LogP contribution in [-0.4, -0.2) is 4.32 Å². The summed E-state index contributed by atoms with van der Waals surface area (Å²) in [7, 11) is 0. The molecule has 0 spiro atoms. The van der Waals surface area contributed by atoms with Crippen molar-refractivity contribution in [3.8, 4) is 0 Å². The van der Waals surface area contributed by atoms with Gasteiger partial charge in [0.15, 0.2) is 0 Å². The quantitative estimate of drug-likeness (QED) is 0.133. The predicted molar refractivity (Wildman–Crippen MR) is 112 cm³/mol. The largest absolute Gasteiger partial charge is 0.0885 e. The molecule has 0 saturated heterocycles. The monoisotopic (exact) mass is 386 g/mol. The Morgan fingerprint density at radius 1 is 0.609 bits per heavy atom. The molecular formula is C22H43Br. The zero-order chi connectivity index (χ0) is 17.2. The number of hydrogen-bond acceptors (Lipinski definition) is 0. The Hall–Kier alpha value is 0.220. The number of alkyl halides is 1. The van der Waals surface area contributed by atoms with Crippen molar-refractivity contribution in [3.05, 3.63) is 12.2 Å². The first kappa shape index (κ1) is 23.2. The van der Waals surface area contributed by atoms with Crippen LogP contribution in [0, 0.1) is 0 Å². The molecule has 0 aromatic rings. The van der Waals surface area contributed by atoms with Crippen molar-refractivity contribution in [2.24, 2.45) is 0 Å². The number of rotatable bonds is 17. The molecule has 0 heterocycles. The molecule has 0 nitrogen and oxygen atoms in total. The summed E-state index contributed by atoms with van der Waals surface area (Å²) < 4.78 is 0.342. The highest BCUT2D eigenvalue weighted by molar-refractivity contribution is 9.10. The van der Waals surface area contributed by atoms with Gasteiger partial charge in [-0.1, -0.05) is 119 Å². The normalized spacial score (nSPS) is 12.3. The van der Waals surface area contributed by atoms with E-state index in [9.17, 15) is 0 Å². The van der Waals surface area contributed by atoms with Crippen LogP contribution in [0.25, 0.3) is 0 Å². The van der Waals surface area contributed by atoms with Gasteiger partial charge in [0.05, 0.1) is 0 Å². The average Bonchev–Trinajstić information content (AvgIpc) is 2.49.